The van der Waals surface area contributed by atoms with Gasteiger partial charge in [-0.3, -0.25) is 0 Å². The Labute approximate surface area is 118 Å². The van der Waals surface area contributed by atoms with Crippen molar-refractivity contribution in [1.29, 1.82) is 0 Å². The van der Waals surface area contributed by atoms with Crippen LogP contribution in [0.1, 0.15) is 51.4 Å². The zero-order valence-corrected chi connectivity index (χ0v) is 12.2. The van der Waals surface area contributed by atoms with E-state index in [1.807, 2.05) is 12.1 Å². The maximum Gasteiger partial charge on any atom is 0.130 e. The summed E-state index contributed by atoms with van der Waals surface area (Å²) in [6.45, 7) is 4.24. The van der Waals surface area contributed by atoms with E-state index in [1.54, 1.807) is 0 Å². The summed E-state index contributed by atoms with van der Waals surface area (Å²) in [5.74, 6) is 1.01. The van der Waals surface area contributed by atoms with Crippen LogP contribution in [-0.4, -0.2) is 9.55 Å². The summed E-state index contributed by atoms with van der Waals surface area (Å²) in [6, 6.07) is 6.50. The van der Waals surface area contributed by atoms with Crippen LogP contribution in [0.2, 0.25) is 5.02 Å². The van der Waals surface area contributed by atoms with Gasteiger partial charge >= 0.3 is 0 Å². The van der Waals surface area contributed by atoms with Crippen LogP contribution in [-0.2, 0) is 5.54 Å². The van der Waals surface area contributed by atoms with Gasteiger partial charge in [0.2, 0.25) is 0 Å². The molecule has 1 aromatic carbocycles. The van der Waals surface area contributed by atoms with Crippen molar-refractivity contribution < 1.29 is 0 Å². The predicted molar refractivity (Wildman–Crippen MR) is 79.5 cm³/mol. The van der Waals surface area contributed by atoms with Gasteiger partial charge in [0.25, 0.3) is 0 Å². The van der Waals surface area contributed by atoms with Gasteiger partial charge in [-0.25, -0.2) is 4.98 Å². The fourth-order valence-corrected chi connectivity index (χ4v) is 2.97. The van der Waals surface area contributed by atoms with E-state index in [2.05, 4.69) is 24.5 Å². The molecule has 0 amide bonds. The second-order valence-electron chi connectivity index (χ2n) is 5.84. The third-order valence-corrected chi connectivity index (χ3v) is 4.08. The van der Waals surface area contributed by atoms with Gasteiger partial charge in [0, 0.05) is 11.1 Å². The highest BCUT2D eigenvalue weighted by Crippen LogP contribution is 2.41. The summed E-state index contributed by atoms with van der Waals surface area (Å²) in [5.41, 5.74) is 8.25. The number of halogens is 1. The molecule has 102 valence electrons. The Kier molecular flexibility index (Phi) is 3.06. The van der Waals surface area contributed by atoms with Crippen LogP contribution in [0.5, 0.6) is 0 Å². The standard InChI is InChI=1S/C15H20ClN3/c1-3-8-15(2,17)14-18-12-9-10(16)4-7-13(12)19(14)11-5-6-11/h4,7,9,11H,3,5-6,8,17H2,1-2H3. The Bertz CT molecular complexity index is 611. The molecule has 2 N–H and O–H groups in total. The van der Waals surface area contributed by atoms with Crippen molar-refractivity contribution in [3.63, 3.8) is 0 Å². The van der Waals surface area contributed by atoms with Crippen molar-refractivity contribution in [2.45, 2.75) is 51.1 Å². The number of hydrogen-bond acceptors (Lipinski definition) is 2. The summed E-state index contributed by atoms with van der Waals surface area (Å²) >= 11 is 6.07. The quantitative estimate of drug-likeness (QED) is 0.918. The average molecular weight is 278 g/mol. The molecule has 1 aliphatic rings. The van der Waals surface area contributed by atoms with Crippen LogP contribution in [0.15, 0.2) is 18.2 Å². The van der Waals surface area contributed by atoms with Gasteiger partial charge in [-0.15, -0.1) is 0 Å². The number of aromatic nitrogens is 2. The van der Waals surface area contributed by atoms with Crippen molar-refractivity contribution in [3.8, 4) is 0 Å². The maximum atomic E-state index is 6.50. The lowest BCUT2D eigenvalue weighted by Crippen LogP contribution is -2.36. The molecule has 3 nitrogen and oxygen atoms in total. The zero-order chi connectivity index (χ0) is 13.6. The monoisotopic (exact) mass is 277 g/mol. The third kappa shape index (κ3) is 2.26. The first kappa shape index (κ1) is 12.9. The van der Waals surface area contributed by atoms with E-state index in [9.17, 15) is 0 Å². The first-order valence-corrected chi connectivity index (χ1v) is 7.37. The van der Waals surface area contributed by atoms with E-state index < -0.39 is 0 Å². The smallest absolute Gasteiger partial charge is 0.130 e. The molecule has 4 heteroatoms. The first-order chi connectivity index (χ1) is 9.03. The van der Waals surface area contributed by atoms with E-state index in [1.165, 1.54) is 12.8 Å². The fourth-order valence-electron chi connectivity index (χ4n) is 2.81. The number of benzene rings is 1. The second kappa shape index (κ2) is 4.50. The molecule has 1 heterocycles. The van der Waals surface area contributed by atoms with E-state index in [0.29, 0.717) is 6.04 Å². The Hall–Kier alpha value is -1.06. The number of rotatable bonds is 4. The highest BCUT2D eigenvalue weighted by atomic mass is 35.5. The molecule has 1 fully saturated rings. The molecule has 1 aromatic heterocycles. The van der Waals surface area contributed by atoms with Gasteiger partial charge < -0.3 is 10.3 Å². The Balaban J connectivity index is 2.20. The second-order valence-corrected chi connectivity index (χ2v) is 6.27. The molecule has 19 heavy (non-hydrogen) atoms. The summed E-state index contributed by atoms with van der Waals surface area (Å²) in [6.07, 6.45) is 4.45. The van der Waals surface area contributed by atoms with E-state index in [0.717, 1.165) is 34.7 Å². The Morgan fingerprint density at radius 2 is 2.21 bits per heavy atom. The van der Waals surface area contributed by atoms with Gasteiger partial charge in [0.15, 0.2) is 0 Å². The van der Waals surface area contributed by atoms with Gasteiger partial charge in [-0.1, -0.05) is 24.9 Å². The summed E-state index contributed by atoms with van der Waals surface area (Å²) < 4.78 is 2.33. The molecular formula is C15H20ClN3. The van der Waals surface area contributed by atoms with Gasteiger partial charge in [-0.2, -0.15) is 0 Å². The van der Waals surface area contributed by atoms with Crippen LogP contribution < -0.4 is 5.73 Å². The molecule has 0 saturated heterocycles. The number of hydrogen-bond donors (Lipinski definition) is 1. The van der Waals surface area contributed by atoms with Crippen LogP contribution in [0, 0.1) is 0 Å². The minimum Gasteiger partial charge on any atom is -0.323 e. The van der Waals surface area contributed by atoms with E-state index in [-0.39, 0.29) is 5.54 Å². The number of nitrogens with two attached hydrogens (primary N) is 1. The fraction of sp³-hybridized carbons (Fsp3) is 0.533. The van der Waals surface area contributed by atoms with Crippen LogP contribution in [0.4, 0.5) is 0 Å². The molecule has 0 bridgehead atoms. The normalized spacial score (nSPS) is 18.7. The number of fused-ring (bicyclic) bond motifs is 1. The molecule has 1 aliphatic carbocycles. The van der Waals surface area contributed by atoms with Gasteiger partial charge in [0.1, 0.15) is 5.82 Å². The lowest BCUT2D eigenvalue weighted by molar-refractivity contribution is 0.402. The highest BCUT2D eigenvalue weighted by molar-refractivity contribution is 6.31. The van der Waals surface area contributed by atoms with Crippen LogP contribution >= 0.6 is 11.6 Å². The SMILES string of the molecule is CCCC(C)(N)c1nc2cc(Cl)ccc2n1C1CC1. The molecule has 1 atom stereocenters. The van der Waals surface area contributed by atoms with Crippen molar-refractivity contribution in [3.05, 3.63) is 29.0 Å². The molecule has 0 radical (unpaired) electrons. The van der Waals surface area contributed by atoms with Crippen molar-refractivity contribution in [1.82, 2.24) is 9.55 Å². The van der Waals surface area contributed by atoms with E-state index >= 15 is 0 Å². The van der Waals surface area contributed by atoms with Crippen LogP contribution in [0.25, 0.3) is 11.0 Å². The minimum atomic E-state index is -0.372. The third-order valence-electron chi connectivity index (χ3n) is 3.84. The number of nitrogens with zero attached hydrogens (tertiary/aromatic N) is 2. The average Bonchev–Trinajstić information content (AvgIpc) is 3.09. The van der Waals surface area contributed by atoms with Gasteiger partial charge in [0.05, 0.1) is 16.6 Å². The summed E-state index contributed by atoms with van der Waals surface area (Å²) in [7, 11) is 0. The molecule has 0 aliphatic heterocycles. The van der Waals surface area contributed by atoms with Crippen LogP contribution in [0.3, 0.4) is 0 Å². The molecule has 2 aromatic rings. The molecule has 0 spiro atoms. The molecule has 1 saturated carbocycles. The van der Waals surface area contributed by atoms with Crippen molar-refractivity contribution in [2.75, 3.05) is 0 Å². The van der Waals surface area contributed by atoms with E-state index in [4.69, 9.17) is 22.3 Å². The molecular weight excluding hydrogens is 258 g/mol. The summed E-state index contributed by atoms with van der Waals surface area (Å²) in [5, 5.41) is 0.730. The maximum absolute atomic E-state index is 6.50. The highest BCUT2D eigenvalue weighted by Gasteiger charge is 2.34. The van der Waals surface area contributed by atoms with Gasteiger partial charge in [-0.05, 0) is 44.4 Å². The largest absolute Gasteiger partial charge is 0.323 e. The minimum absolute atomic E-state index is 0.372. The molecule has 3 rings (SSSR count). The lowest BCUT2D eigenvalue weighted by atomic mass is 9.96. The zero-order valence-electron chi connectivity index (χ0n) is 11.5. The number of imidazole rings is 1. The Morgan fingerprint density at radius 3 is 2.84 bits per heavy atom. The topological polar surface area (TPSA) is 43.8 Å². The van der Waals surface area contributed by atoms with Crippen molar-refractivity contribution in [2.24, 2.45) is 5.73 Å². The molecule has 1 unspecified atom stereocenters. The Morgan fingerprint density at radius 1 is 1.47 bits per heavy atom. The summed E-state index contributed by atoms with van der Waals surface area (Å²) in [4.78, 5) is 4.78. The first-order valence-electron chi connectivity index (χ1n) is 7.00. The predicted octanol–water partition coefficient (Wildman–Crippen LogP) is 4.00. The van der Waals surface area contributed by atoms with Crippen molar-refractivity contribution >= 4 is 22.6 Å². The lowest BCUT2D eigenvalue weighted by Gasteiger charge is -2.24.